The lowest BCUT2D eigenvalue weighted by Gasteiger charge is -2.29. The number of aryl methyl sites for hydroxylation is 1. The van der Waals surface area contributed by atoms with Crippen molar-refractivity contribution in [1.29, 1.82) is 0 Å². The maximum absolute atomic E-state index is 12.9. The molecule has 35 heavy (non-hydrogen) atoms. The Bertz CT molecular complexity index is 1040. The number of benzene rings is 2. The van der Waals surface area contributed by atoms with E-state index in [4.69, 9.17) is 9.47 Å². The van der Waals surface area contributed by atoms with Gasteiger partial charge in [-0.05, 0) is 49.3 Å². The van der Waals surface area contributed by atoms with Crippen LogP contribution in [0.25, 0.3) is 0 Å². The standard InChI is InChI=1S/C27H35N3O5/c1-4-9-20-10-7-8-11-24(20)34-18-23(31)21-12-13-25-22(16-21)30(27(33)19-35-25)17-26(32)28-14-15-29(5-2)6-3/h7-8,10-13,16H,4-6,9,14-15,17-19H2,1-3H3,(H,28,32). The molecule has 3 rings (SSSR count). The number of anilines is 1. The summed E-state index contributed by atoms with van der Waals surface area (Å²) in [5.74, 6) is 0.353. The summed E-state index contributed by atoms with van der Waals surface area (Å²) in [6.07, 6.45) is 1.85. The van der Waals surface area contributed by atoms with Crippen molar-refractivity contribution in [3.05, 3.63) is 53.6 Å². The SMILES string of the molecule is CCCc1ccccc1OCC(=O)c1ccc2c(c1)N(CC(=O)NCCN(CC)CC)C(=O)CO2. The number of amides is 2. The Labute approximate surface area is 207 Å². The Balaban J connectivity index is 1.67. The zero-order chi connectivity index (χ0) is 25.2. The molecule has 8 nitrogen and oxygen atoms in total. The van der Waals surface area contributed by atoms with Crippen molar-refractivity contribution in [3.63, 3.8) is 0 Å². The summed E-state index contributed by atoms with van der Waals surface area (Å²) in [5, 5.41) is 2.87. The molecule has 0 saturated carbocycles. The smallest absolute Gasteiger partial charge is 0.265 e. The summed E-state index contributed by atoms with van der Waals surface area (Å²) in [6.45, 7) is 8.89. The third kappa shape index (κ3) is 7.05. The van der Waals surface area contributed by atoms with E-state index in [0.717, 1.165) is 38.0 Å². The maximum atomic E-state index is 12.9. The average molecular weight is 482 g/mol. The minimum Gasteiger partial charge on any atom is -0.485 e. The Morgan fingerprint density at radius 3 is 2.63 bits per heavy atom. The molecule has 0 unspecified atom stereocenters. The molecule has 0 atom stereocenters. The van der Waals surface area contributed by atoms with Crippen molar-refractivity contribution in [2.45, 2.75) is 33.6 Å². The van der Waals surface area contributed by atoms with Gasteiger partial charge in [-0.25, -0.2) is 0 Å². The Morgan fingerprint density at radius 2 is 1.89 bits per heavy atom. The molecule has 0 radical (unpaired) electrons. The number of carbonyl (C=O) groups is 3. The van der Waals surface area contributed by atoms with Crippen molar-refractivity contribution in [2.24, 2.45) is 0 Å². The number of Topliss-reactive ketones (excluding diaryl/α,β-unsaturated/α-hetero) is 1. The van der Waals surface area contributed by atoms with Crippen molar-refractivity contribution in [1.82, 2.24) is 10.2 Å². The van der Waals surface area contributed by atoms with Crippen LogP contribution in [0.1, 0.15) is 43.1 Å². The second-order valence-electron chi connectivity index (χ2n) is 8.40. The van der Waals surface area contributed by atoms with Crippen LogP contribution in [0.3, 0.4) is 0 Å². The van der Waals surface area contributed by atoms with Crippen molar-refractivity contribution < 1.29 is 23.9 Å². The van der Waals surface area contributed by atoms with Crippen LogP contribution in [-0.4, -0.2) is 68.4 Å². The van der Waals surface area contributed by atoms with Gasteiger partial charge in [-0.15, -0.1) is 0 Å². The monoisotopic (exact) mass is 481 g/mol. The molecule has 188 valence electrons. The molecule has 1 aliphatic rings. The molecule has 1 aliphatic heterocycles. The second-order valence-corrected chi connectivity index (χ2v) is 8.40. The number of hydrogen-bond donors (Lipinski definition) is 1. The topological polar surface area (TPSA) is 88.2 Å². The van der Waals surface area contributed by atoms with Crippen LogP contribution >= 0.6 is 0 Å². The van der Waals surface area contributed by atoms with Crippen molar-refractivity contribution >= 4 is 23.3 Å². The number of nitrogens with one attached hydrogen (secondary N) is 1. The Morgan fingerprint density at radius 1 is 1.11 bits per heavy atom. The fraction of sp³-hybridized carbons (Fsp3) is 0.444. The van der Waals surface area contributed by atoms with Crippen LogP contribution in [0.15, 0.2) is 42.5 Å². The molecular weight excluding hydrogens is 446 g/mol. The predicted octanol–water partition coefficient (Wildman–Crippen LogP) is 3.08. The van der Waals surface area contributed by atoms with E-state index >= 15 is 0 Å². The van der Waals surface area contributed by atoms with Gasteiger partial charge >= 0.3 is 0 Å². The van der Waals surface area contributed by atoms with E-state index in [2.05, 4.69) is 31.0 Å². The highest BCUT2D eigenvalue weighted by Gasteiger charge is 2.28. The molecule has 2 aromatic carbocycles. The van der Waals surface area contributed by atoms with Gasteiger partial charge < -0.3 is 19.7 Å². The number of ketones is 1. The molecule has 1 N–H and O–H groups in total. The zero-order valence-corrected chi connectivity index (χ0v) is 20.8. The van der Waals surface area contributed by atoms with E-state index < -0.39 is 0 Å². The number of hydrogen-bond acceptors (Lipinski definition) is 6. The molecule has 2 amide bonds. The van der Waals surface area contributed by atoms with Crippen molar-refractivity contribution in [3.8, 4) is 11.5 Å². The normalized spacial score (nSPS) is 12.8. The van der Waals surface area contributed by atoms with E-state index in [9.17, 15) is 14.4 Å². The Hall–Kier alpha value is -3.39. The fourth-order valence-electron chi connectivity index (χ4n) is 3.99. The van der Waals surface area contributed by atoms with E-state index in [-0.39, 0.29) is 37.4 Å². The minimum absolute atomic E-state index is 0.125. The number of likely N-dealkylation sites (N-methyl/N-ethyl adjacent to an activating group) is 1. The third-order valence-electron chi connectivity index (χ3n) is 6.02. The second kappa shape index (κ2) is 12.9. The summed E-state index contributed by atoms with van der Waals surface area (Å²) in [5.41, 5.74) is 1.87. The van der Waals surface area contributed by atoms with Gasteiger partial charge in [0.25, 0.3) is 5.91 Å². The van der Waals surface area contributed by atoms with Gasteiger partial charge in [0.05, 0.1) is 5.69 Å². The first-order valence-corrected chi connectivity index (χ1v) is 12.3. The first-order valence-electron chi connectivity index (χ1n) is 12.3. The highest BCUT2D eigenvalue weighted by molar-refractivity contribution is 6.04. The first-order chi connectivity index (χ1) is 17.0. The van der Waals surface area contributed by atoms with Gasteiger partial charge in [-0.2, -0.15) is 0 Å². The minimum atomic E-state index is -0.328. The van der Waals surface area contributed by atoms with Gasteiger partial charge in [-0.3, -0.25) is 19.3 Å². The average Bonchev–Trinajstić information content (AvgIpc) is 2.87. The summed E-state index contributed by atoms with van der Waals surface area (Å²) in [7, 11) is 0. The van der Waals surface area contributed by atoms with E-state index in [0.29, 0.717) is 29.3 Å². The molecule has 2 aromatic rings. The molecular formula is C27H35N3O5. The predicted molar refractivity (Wildman–Crippen MR) is 135 cm³/mol. The Kier molecular flexibility index (Phi) is 9.66. The largest absolute Gasteiger partial charge is 0.485 e. The molecule has 0 bridgehead atoms. The lowest BCUT2D eigenvalue weighted by atomic mass is 10.1. The molecule has 0 aromatic heterocycles. The van der Waals surface area contributed by atoms with Gasteiger partial charge in [0.2, 0.25) is 5.91 Å². The van der Waals surface area contributed by atoms with Gasteiger partial charge in [0.15, 0.2) is 19.0 Å². The van der Waals surface area contributed by atoms with Gasteiger partial charge in [0.1, 0.15) is 18.0 Å². The summed E-state index contributed by atoms with van der Waals surface area (Å²) < 4.78 is 11.3. The lowest BCUT2D eigenvalue weighted by Crippen LogP contribution is -2.46. The van der Waals surface area contributed by atoms with Gasteiger partial charge in [0, 0.05) is 18.7 Å². The highest BCUT2D eigenvalue weighted by Crippen LogP contribution is 2.33. The van der Waals surface area contributed by atoms with Crippen LogP contribution in [0.4, 0.5) is 5.69 Å². The highest BCUT2D eigenvalue weighted by atomic mass is 16.5. The van der Waals surface area contributed by atoms with E-state index in [1.165, 1.54) is 4.90 Å². The van der Waals surface area contributed by atoms with Gasteiger partial charge in [-0.1, -0.05) is 45.4 Å². The maximum Gasteiger partial charge on any atom is 0.265 e. The number of carbonyl (C=O) groups excluding carboxylic acids is 3. The van der Waals surface area contributed by atoms with Crippen LogP contribution in [0.2, 0.25) is 0 Å². The number of fused-ring (bicyclic) bond motifs is 1. The summed E-state index contributed by atoms with van der Waals surface area (Å²) >= 11 is 0. The molecule has 0 saturated heterocycles. The number of rotatable bonds is 13. The van der Waals surface area contributed by atoms with Crippen LogP contribution in [0, 0.1) is 0 Å². The molecule has 0 fully saturated rings. The zero-order valence-electron chi connectivity index (χ0n) is 20.8. The molecule has 0 spiro atoms. The van der Waals surface area contributed by atoms with Crippen LogP contribution in [-0.2, 0) is 16.0 Å². The van der Waals surface area contributed by atoms with E-state index in [1.807, 2.05) is 24.3 Å². The molecule has 8 heteroatoms. The third-order valence-corrected chi connectivity index (χ3v) is 6.02. The quantitative estimate of drug-likeness (QED) is 0.443. The van der Waals surface area contributed by atoms with Crippen LogP contribution < -0.4 is 19.7 Å². The van der Waals surface area contributed by atoms with Crippen LogP contribution in [0.5, 0.6) is 11.5 Å². The number of nitrogens with zero attached hydrogens (tertiary/aromatic N) is 2. The summed E-state index contributed by atoms with van der Waals surface area (Å²) in [6, 6.07) is 12.6. The summed E-state index contributed by atoms with van der Waals surface area (Å²) in [4.78, 5) is 41.6. The fourth-order valence-corrected chi connectivity index (χ4v) is 3.99. The van der Waals surface area contributed by atoms with E-state index in [1.54, 1.807) is 18.2 Å². The first kappa shape index (κ1) is 26.2. The van der Waals surface area contributed by atoms with Crippen molar-refractivity contribution in [2.75, 3.05) is 50.8 Å². The number of ether oxygens (including phenoxy) is 2. The molecule has 1 heterocycles. The molecule has 0 aliphatic carbocycles. The lowest BCUT2D eigenvalue weighted by molar-refractivity contribution is -0.125. The number of para-hydroxylation sites is 1.